The topological polar surface area (TPSA) is 62.5 Å². The highest BCUT2D eigenvalue weighted by atomic mass is 16.5. The maximum atomic E-state index is 12.6. The van der Waals surface area contributed by atoms with Gasteiger partial charge in [0.15, 0.2) is 5.82 Å². The summed E-state index contributed by atoms with van der Waals surface area (Å²) in [6.07, 6.45) is 7.63. The van der Waals surface area contributed by atoms with Gasteiger partial charge in [-0.3, -0.25) is 4.79 Å². The van der Waals surface area contributed by atoms with E-state index in [0.29, 0.717) is 36.7 Å². The molecule has 23 heavy (non-hydrogen) atoms. The summed E-state index contributed by atoms with van der Waals surface area (Å²) in [5, 5.41) is 3.90. The highest BCUT2D eigenvalue weighted by Crippen LogP contribution is 2.29. The zero-order valence-corrected chi connectivity index (χ0v) is 14.3. The van der Waals surface area contributed by atoms with Crippen LogP contribution in [0.3, 0.4) is 0 Å². The Balaban J connectivity index is 1.49. The Morgan fingerprint density at radius 2 is 2.04 bits per heavy atom. The van der Waals surface area contributed by atoms with Gasteiger partial charge in [-0.1, -0.05) is 12.1 Å². The molecule has 1 aromatic heterocycles. The number of likely N-dealkylation sites (N-methyl/N-ethyl adjacent to an activating group) is 1. The summed E-state index contributed by atoms with van der Waals surface area (Å²) in [4.78, 5) is 21.5. The Hall–Kier alpha value is -1.43. The summed E-state index contributed by atoms with van der Waals surface area (Å²) in [7, 11) is 2.19. The standard InChI is InChI=1S/C17H28N4O2/c1-3-15-18-16(23-19-15)9-4-10-17(22)21-12-6-8-14(21)13-7-5-11-20(13)2/h13-14H,3-12H2,1-2H3/t13-,14+/m1/s1. The molecule has 0 radical (unpaired) electrons. The fraction of sp³-hybridized carbons (Fsp3) is 0.824. The lowest BCUT2D eigenvalue weighted by Gasteiger charge is -2.33. The Morgan fingerprint density at radius 3 is 2.74 bits per heavy atom. The molecule has 1 aromatic rings. The second-order valence-electron chi connectivity index (χ2n) is 6.80. The number of carbonyl (C=O) groups excluding carboxylic acids is 1. The highest BCUT2D eigenvalue weighted by molar-refractivity contribution is 5.76. The fourth-order valence-electron chi connectivity index (χ4n) is 3.99. The Kier molecular flexibility index (Phi) is 5.30. The van der Waals surface area contributed by atoms with Gasteiger partial charge in [0.1, 0.15) is 0 Å². The minimum Gasteiger partial charge on any atom is -0.339 e. The summed E-state index contributed by atoms with van der Waals surface area (Å²) in [5.41, 5.74) is 0. The van der Waals surface area contributed by atoms with Crippen molar-refractivity contribution < 1.29 is 9.32 Å². The van der Waals surface area contributed by atoms with E-state index in [-0.39, 0.29) is 0 Å². The van der Waals surface area contributed by atoms with Crippen molar-refractivity contribution >= 4 is 5.91 Å². The molecular formula is C17H28N4O2. The van der Waals surface area contributed by atoms with E-state index in [1.807, 2.05) is 6.92 Å². The van der Waals surface area contributed by atoms with Crippen molar-refractivity contribution in [3.8, 4) is 0 Å². The number of rotatable bonds is 6. The predicted octanol–water partition coefficient (Wildman–Crippen LogP) is 2.04. The third-order valence-corrected chi connectivity index (χ3v) is 5.25. The molecule has 3 heterocycles. The number of nitrogens with zero attached hydrogens (tertiary/aromatic N) is 4. The Bertz CT molecular complexity index is 530. The summed E-state index contributed by atoms with van der Waals surface area (Å²) >= 11 is 0. The van der Waals surface area contributed by atoms with Crippen molar-refractivity contribution in [2.24, 2.45) is 0 Å². The highest BCUT2D eigenvalue weighted by Gasteiger charge is 2.37. The van der Waals surface area contributed by atoms with Gasteiger partial charge < -0.3 is 14.3 Å². The molecule has 2 saturated heterocycles. The number of aromatic nitrogens is 2. The molecule has 3 rings (SSSR count). The minimum absolute atomic E-state index is 0.294. The third-order valence-electron chi connectivity index (χ3n) is 5.25. The molecule has 0 aliphatic carbocycles. The average Bonchev–Trinajstić information content (AvgIpc) is 3.26. The van der Waals surface area contributed by atoms with E-state index in [1.165, 1.54) is 19.4 Å². The third kappa shape index (κ3) is 3.74. The van der Waals surface area contributed by atoms with Crippen LogP contribution in [0.25, 0.3) is 0 Å². The van der Waals surface area contributed by atoms with Crippen LogP contribution in [0.2, 0.25) is 0 Å². The van der Waals surface area contributed by atoms with Crippen molar-refractivity contribution in [3.05, 3.63) is 11.7 Å². The normalized spacial score (nSPS) is 25.4. The lowest BCUT2D eigenvalue weighted by molar-refractivity contribution is -0.133. The molecule has 0 saturated carbocycles. The van der Waals surface area contributed by atoms with E-state index in [0.717, 1.165) is 38.1 Å². The Labute approximate surface area is 138 Å². The lowest BCUT2D eigenvalue weighted by Crippen LogP contribution is -2.47. The van der Waals surface area contributed by atoms with Crippen LogP contribution >= 0.6 is 0 Å². The first-order valence-electron chi connectivity index (χ1n) is 9.00. The van der Waals surface area contributed by atoms with Gasteiger partial charge in [-0.2, -0.15) is 4.98 Å². The maximum Gasteiger partial charge on any atom is 0.226 e. The fourth-order valence-corrected chi connectivity index (χ4v) is 3.99. The van der Waals surface area contributed by atoms with Crippen LogP contribution in [0, 0.1) is 0 Å². The van der Waals surface area contributed by atoms with Crippen LogP contribution in [-0.2, 0) is 17.6 Å². The van der Waals surface area contributed by atoms with Crippen molar-refractivity contribution in [2.75, 3.05) is 20.1 Å². The van der Waals surface area contributed by atoms with Crippen LogP contribution in [0.5, 0.6) is 0 Å². The van der Waals surface area contributed by atoms with E-state index >= 15 is 0 Å². The van der Waals surface area contributed by atoms with Crippen LogP contribution < -0.4 is 0 Å². The van der Waals surface area contributed by atoms with Crippen LogP contribution in [0.1, 0.15) is 57.2 Å². The molecule has 0 aromatic carbocycles. The summed E-state index contributed by atoms with van der Waals surface area (Å²) in [6.45, 7) is 4.10. The number of carbonyl (C=O) groups is 1. The number of aryl methyl sites for hydroxylation is 2. The summed E-state index contributed by atoms with van der Waals surface area (Å²) in [5.74, 6) is 1.70. The molecule has 1 amide bonds. The molecule has 0 N–H and O–H groups in total. The largest absolute Gasteiger partial charge is 0.339 e. The van der Waals surface area contributed by atoms with Crippen LogP contribution in [0.4, 0.5) is 0 Å². The zero-order chi connectivity index (χ0) is 16.2. The van der Waals surface area contributed by atoms with Crippen molar-refractivity contribution in [1.29, 1.82) is 0 Å². The summed E-state index contributed by atoms with van der Waals surface area (Å²) in [6, 6.07) is 0.981. The molecule has 2 aliphatic heterocycles. The van der Waals surface area contributed by atoms with Gasteiger partial charge in [0, 0.05) is 37.9 Å². The molecular weight excluding hydrogens is 292 g/mol. The monoisotopic (exact) mass is 320 g/mol. The predicted molar refractivity (Wildman–Crippen MR) is 87.0 cm³/mol. The van der Waals surface area contributed by atoms with E-state index in [4.69, 9.17) is 4.52 Å². The number of hydrogen-bond acceptors (Lipinski definition) is 5. The second kappa shape index (κ2) is 7.43. The van der Waals surface area contributed by atoms with Crippen LogP contribution in [-0.4, -0.2) is 58.1 Å². The molecule has 6 nitrogen and oxygen atoms in total. The Morgan fingerprint density at radius 1 is 1.26 bits per heavy atom. The molecule has 0 bridgehead atoms. The molecule has 128 valence electrons. The SMILES string of the molecule is CCc1noc(CCCC(=O)N2CCC[C@H]2[C@H]2CCCN2C)n1. The van der Waals surface area contributed by atoms with Gasteiger partial charge in [0.2, 0.25) is 11.8 Å². The van der Waals surface area contributed by atoms with Gasteiger partial charge in [-0.05, 0) is 45.7 Å². The number of amides is 1. The van der Waals surface area contributed by atoms with Gasteiger partial charge in [0.05, 0.1) is 0 Å². The van der Waals surface area contributed by atoms with Gasteiger partial charge in [-0.15, -0.1) is 0 Å². The molecule has 2 fully saturated rings. The van der Waals surface area contributed by atoms with Gasteiger partial charge >= 0.3 is 0 Å². The quantitative estimate of drug-likeness (QED) is 0.802. The first-order valence-corrected chi connectivity index (χ1v) is 9.00. The second-order valence-corrected chi connectivity index (χ2v) is 6.80. The molecule has 0 spiro atoms. The van der Waals surface area contributed by atoms with Crippen molar-refractivity contribution in [2.45, 2.75) is 70.4 Å². The van der Waals surface area contributed by atoms with Crippen molar-refractivity contribution in [1.82, 2.24) is 19.9 Å². The molecule has 2 atom stereocenters. The van der Waals surface area contributed by atoms with E-state index in [2.05, 4.69) is 27.0 Å². The number of likely N-dealkylation sites (tertiary alicyclic amines) is 2. The van der Waals surface area contributed by atoms with Crippen LogP contribution in [0.15, 0.2) is 4.52 Å². The maximum absolute atomic E-state index is 12.6. The number of hydrogen-bond donors (Lipinski definition) is 0. The van der Waals surface area contributed by atoms with Gasteiger partial charge in [-0.25, -0.2) is 0 Å². The summed E-state index contributed by atoms with van der Waals surface area (Å²) < 4.78 is 5.19. The van der Waals surface area contributed by atoms with Crippen molar-refractivity contribution in [3.63, 3.8) is 0 Å². The van der Waals surface area contributed by atoms with E-state index in [1.54, 1.807) is 0 Å². The molecule has 6 heteroatoms. The lowest BCUT2D eigenvalue weighted by atomic mass is 10.0. The zero-order valence-electron chi connectivity index (χ0n) is 14.3. The smallest absolute Gasteiger partial charge is 0.226 e. The van der Waals surface area contributed by atoms with Gasteiger partial charge in [0.25, 0.3) is 0 Å². The molecule has 2 aliphatic rings. The average molecular weight is 320 g/mol. The first kappa shape index (κ1) is 16.4. The van der Waals surface area contributed by atoms with E-state index < -0.39 is 0 Å². The van der Waals surface area contributed by atoms with E-state index in [9.17, 15) is 4.79 Å². The minimum atomic E-state index is 0.294. The molecule has 0 unspecified atom stereocenters. The first-order chi connectivity index (χ1) is 11.2.